The first-order valence-corrected chi connectivity index (χ1v) is 8.10. The van der Waals surface area contributed by atoms with Gasteiger partial charge in [-0.3, -0.25) is 4.90 Å². The van der Waals surface area contributed by atoms with Crippen LogP contribution in [0.4, 0.5) is 0 Å². The van der Waals surface area contributed by atoms with Crippen molar-refractivity contribution >= 4 is 11.3 Å². The van der Waals surface area contributed by atoms with Crippen LogP contribution in [0.1, 0.15) is 31.1 Å². The summed E-state index contributed by atoms with van der Waals surface area (Å²) in [6.45, 7) is 4.75. The number of rotatable bonds is 3. The van der Waals surface area contributed by atoms with Gasteiger partial charge in [0, 0.05) is 30.1 Å². The molecule has 2 nitrogen and oxygen atoms in total. The Bertz CT molecular complexity index is 370. The van der Waals surface area contributed by atoms with E-state index in [-0.39, 0.29) is 0 Å². The topological polar surface area (TPSA) is 29.3 Å². The highest BCUT2D eigenvalue weighted by Crippen LogP contribution is 2.34. The molecule has 2 N–H and O–H groups in total. The molecule has 18 heavy (non-hydrogen) atoms. The van der Waals surface area contributed by atoms with Gasteiger partial charge in [0.1, 0.15) is 0 Å². The molecule has 0 spiro atoms. The highest BCUT2D eigenvalue weighted by atomic mass is 32.1. The molecule has 1 aromatic rings. The van der Waals surface area contributed by atoms with Crippen molar-refractivity contribution in [2.45, 2.75) is 44.7 Å². The van der Waals surface area contributed by atoms with Crippen LogP contribution in [0.25, 0.3) is 0 Å². The molecular weight excluding hydrogens is 240 g/mol. The molecule has 2 heterocycles. The molecule has 2 unspecified atom stereocenters. The second-order valence-corrected chi connectivity index (χ2v) is 7.36. The van der Waals surface area contributed by atoms with E-state index in [0.717, 1.165) is 24.4 Å². The molecule has 0 aromatic carbocycles. The van der Waals surface area contributed by atoms with Crippen LogP contribution in [0.3, 0.4) is 0 Å². The van der Waals surface area contributed by atoms with Gasteiger partial charge < -0.3 is 5.73 Å². The largest absolute Gasteiger partial charge is 0.327 e. The van der Waals surface area contributed by atoms with Gasteiger partial charge in [-0.25, -0.2) is 0 Å². The average Bonchev–Trinajstić information content (AvgIpc) is 2.76. The second kappa shape index (κ2) is 5.32. The predicted octanol–water partition coefficient (Wildman–Crippen LogP) is 2.74. The molecule has 1 saturated heterocycles. The Morgan fingerprint density at radius 3 is 2.83 bits per heavy atom. The molecular formula is C15H24N2S. The Morgan fingerprint density at radius 2 is 2.17 bits per heavy atom. The van der Waals surface area contributed by atoms with Crippen molar-refractivity contribution < 1.29 is 0 Å². The van der Waals surface area contributed by atoms with Gasteiger partial charge in [0.25, 0.3) is 0 Å². The Kier molecular flexibility index (Phi) is 3.73. The first-order chi connectivity index (χ1) is 8.70. The first-order valence-electron chi connectivity index (χ1n) is 7.22. The highest BCUT2D eigenvalue weighted by molar-refractivity contribution is 7.09. The summed E-state index contributed by atoms with van der Waals surface area (Å²) >= 11 is 1.89. The van der Waals surface area contributed by atoms with Crippen molar-refractivity contribution in [2.75, 3.05) is 13.1 Å². The number of likely N-dealkylation sites (tertiary alicyclic amines) is 1. The second-order valence-electron chi connectivity index (χ2n) is 6.33. The zero-order valence-electron chi connectivity index (χ0n) is 11.2. The minimum absolute atomic E-state index is 0.389. The fourth-order valence-corrected chi connectivity index (χ4v) is 4.42. The van der Waals surface area contributed by atoms with E-state index in [2.05, 4.69) is 29.3 Å². The van der Waals surface area contributed by atoms with Gasteiger partial charge in [-0.05, 0) is 49.0 Å². The van der Waals surface area contributed by atoms with Crippen molar-refractivity contribution in [3.8, 4) is 0 Å². The Balaban J connectivity index is 1.58. The quantitative estimate of drug-likeness (QED) is 0.909. The third kappa shape index (κ3) is 2.79. The lowest BCUT2D eigenvalue weighted by atomic mass is 9.78. The summed E-state index contributed by atoms with van der Waals surface area (Å²) in [5.74, 6) is 1.70. The van der Waals surface area contributed by atoms with Gasteiger partial charge in [0.05, 0.1) is 0 Å². The number of piperidine rings is 1. The summed E-state index contributed by atoms with van der Waals surface area (Å²) < 4.78 is 0. The molecule has 2 fully saturated rings. The van der Waals surface area contributed by atoms with Crippen LogP contribution in [0, 0.1) is 11.8 Å². The lowest BCUT2D eigenvalue weighted by Crippen LogP contribution is -2.54. The summed E-state index contributed by atoms with van der Waals surface area (Å²) in [6, 6.07) is 5.64. The summed E-state index contributed by atoms with van der Waals surface area (Å²) in [6.07, 6.45) is 5.21. The zero-order chi connectivity index (χ0) is 12.5. The Labute approximate surface area is 114 Å². The normalized spacial score (nSPS) is 37.4. The molecule has 0 radical (unpaired) electrons. The number of nitrogens with zero attached hydrogens (tertiary/aromatic N) is 1. The standard InChI is InChI=1S/C15H24N2S/c1-11-5-14(6-11)17-9-12(7-13(16)10-17)8-15-3-2-4-18-15/h2-4,11-14H,5-10,16H2,1H3. The maximum atomic E-state index is 6.26. The van der Waals surface area contributed by atoms with E-state index in [1.165, 1.54) is 37.1 Å². The van der Waals surface area contributed by atoms with E-state index in [4.69, 9.17) is 5.73 Å². The van der Waals surface area contributed by atoms with Crippen molar-refractivity contribution in [1.82, 2.24) is 4.90 Å². The van der Waals surface area contributed by atoms with Crippen LogP contribution in [0.15, 0.2) is 17.5 Å². The van der Waals surface area contributed by atoms with Crippen LogP contribution in [0.2, 0.25) is 0 Å². The Morgan fingerprint density at radius 1 is 1.33 bits per heavy atom. The van der Waals surface area contributed by atoms with Crippen molar-refractivity contribution in [2.24, 2.45) is 17.6 Å². The van der Waals surface area contributed by atoms with Crippen LogP contribution in [-0.2, 0) is 6.42 Å². The van der Waals surface area contributed by atoms with Gasteiger partial charge in [-0.2, -0.15) is 0 Å². The zero-order valence-corrected chi connectivity index (χ0v) is 12.0. The summed E-state index contributed by atoms with van der Waals surface area (Å²) in [4.78, 5) is 4.20. The third-order valence-electron chi connectivity index (χ3n) is 4.53. The first kappa shape index (κ1) is 12.6. The van der Waals surface area contributed by atoms with Gasteiger partial charge in [-0.1, -0.05) is 13.0 Å². The van der Waals surface area contributed by atoms with Crippen molar-refractivity contribution in [3.63, 3.8) is 0 Å². The van der Waals surface area contributed by atoms with Crippen molar-refractivity contribution in [3.05, 3.63) is 22.4 Å². The predicted molar refractivity (Wildman–Crippen MR) is 77.9 cm³/mol. The number of thiophene rings is 1. The molecule has 1 aliphatic heterocycles. The van der Waals surface area contributed by atoms with Crippen molar-refractivity contribution in [1.29, 1.82) is 0 Å². The average molecular weight is 264 g/mol. The van der Waals surface area contributed by atoms with E-state index in [9.17, 15) is 0 Å². The lowest BCUT2D eigenvalue weighted by molar-refractivity contribution is 0.0404. The van der Waals surface area contributed by atoms with E-state index in [0.29, 0.717) is 6.04 Å². The van der Waals surface area contributed by atoms with Gasteiger partial charge in [-0.15, -0.1) is 11.3 Å². The molecule has 0 bridgehead atoms. The molecule has 0 amide bonds. The lowest BCUT2D eigenvalue weighted by Gasteiger charge is -2.47. The summed E-state index contributed by atoms with van der Waals surface area (Å²) in [7, 11) is 0. The fourth-order valence-electron chi connectivity index (χ4n) is 3.60. The molecule has 3 heteroatoms. The van der Waals surface area contributed by atoms with Crippen LogP contribution < -0.4 is 5.73 Å². The fraction of sp³-hybridized carbons (Fsp3) is 0.733. The molecule has 3 rings (SSSR count). The Hall–Kier alpha value is -0.380. The third-order valence-corrected chi connectivity index (χ3v) is 5.43. The maximum Gasteiger partial charge on any atom is 0.0171 e. The SMILES string of the molecule is CC1CC(N2CC(N)CC(Cc3cccs3)C2)C1. The van der Waals surface area contributed by atoms with Gasteiger partial charge in [0.2, 0.25) is 0 Å². The van der Waals surface area contributed by atoms with E-state index < -0.39 is 0 Å². The summed E-state index contributed by atoms with van der Waals surface area (Å²) in [5, 5.41) is 2.18. The van der Waals surface area contributed by atoms with E-state index >= 15 is 0 Å². The summed E-state index contributed by atoms with van der Waals surface area (Å²) in [5.41, 5.74) is 6.26. The number of nitrogens with two attached hydrogens (primary N) is 1. The van der Waals surface area contributed by atoms with E-state index in [1.807, 2.05) is 11.3 Å². The molecule has 2 atom stereocenters. The molecule has 100 valence electrons. The molecule has 1 saturated carbocycles. The molecule has 1 aromatic heterocycles. The number of hydrogen-bond acceptors (Lipinski definition) is 3. The van der Waals surface area contributed by atoms with E-state index in [1.54, 1.807) is 0 Å². The monoisotopic (exact) mass is 264 g/mol. The highest BCUT2D eigenvalue weighted by Gasteiger charge is 2.35. The molecule has 1 aliphatic carbocycles. The molecule has 2 aliphatic rings. The van der Waals surface area contributed by atoms with Crippen LogP contribution in [0.5, 0.6) is 0 Å². The maximum absolute atomic E-state index is 6.26. The smallest absolute Gasteiger partial charge is 0.0171 e. The number of hydrogen-bond donors (Lipinski definition) is 1. The van der Waals surface area contributed by atoms with Gasteiger partial charge in [0.15, 0.2) is 0 Å². The van der Waals surface area contributed by atoms with Crippen LogP contribution in [-0.4, -0.2) is 30.1 Å². The minimum Gasteiger partial charge on any atom is -0.327 e. The minimum atomic E-state index is 0.389. The van der Waals surface area contributed by atoms with Gasteiger partial charge >= 0.3 is 0 Å². The van der Waals surface area contributed by atoms with Crippen LogP contribution >= 0.6 is 11.3 Å².